The molecule has 0 fully saturated rings. The van der Waals surface area contributed by atoms with Crippen molar-refractivity contribution >= 4 is 33.5 Å². The topological polar surface area (TPSA) is 104 Å². The summed E-state index contributed by atoms with van der Waals surface area (Å²) in [6, 6.07) is 4.16. The van der Waals surface area contributed by atoms with E-state index in [-0.39, 0.29) is 9.92 Å². The number of hydrogen-bond acceptors (Lipinski definition) is 4. The summed E-state index contributed by atoms with van der Waals surface area (Å²) in [6.07, 6.45) is 1.62. The molecule has 9 heteroatoms. The van der Waals surface area contributed by atoms with Crippen LogP contribution in [0.2, 0.25) is 5.02 Å². The van der Waals surface area contributed by atoms with E-state index in [2.05, 4.69) is 5.32 Å². The third-order valence-electron chi connectivity index (χ3n) is 2.80. The molecule has 1 atom stereocenters. The number of rotatable bonds is 4. The van der Waals surface area contributed by atoms with Gasteiger partial charge < -0.3 is 10.4 Å². The van der Waals surface area contributed by atoms with Crippen molar-refractivity contribution in [1.29, 1.82) is 0 Å². The first kappa shape index (κ1) is 15.3. The number of aliphatic carboxylic acids is 1. The van der Waals surface area contributed by atoms with Crippen LogP contribution in [0.15, 0.2) is 41.6 Å². The van der Waals surface area contributed by atoms with Crippen LogP contribution in [0.4, 0.5) is 0 Å². The minimum atomic E-state index is -4.07. The Kier molecular flexibility index (Phi) is 4.19. The van der Waals surface area contributed by atoms with Gasteiger partial charge in [0.15, 0.2) is 0 Å². The van der Waals surface area contributed by atoms with Gasteiger partial charge in [-0.3, -0.25) is 13.9 Å². The molecule has 1 aromatic rings. The van der Waals surface area contributed by atoms with Crippen molar-refractivity contribution in [3.63, 3.8) is 0 Å². The molecule has 0 saturated heterocycles. The van der Waals surface area contributed by atoms with E-state index in [1.165, 1.54) is 24.3 Å². The average molecular weight is 331 g/mol. The number of carboxylic acid groups (broad SMARTS) is 1. The maximum Gasteiger partial charge on any atom is 0.306 e. The molecular weight excluding hydrogens is 320 g/mol. The summed E-state index contributed by atoms with van der Waals surface area (Å²) in [6.45, 7) is 0. The van der Waals surface area contributed by atoms with Crippen molar-refractivity contribution in [3.8, 4) is 0 Å². The van der Waals surface area contributed by atoms with E-state index in [0.29, 0.717) is 0 Å². The Morgan fingerprint density at radius 3 is 2.76 bits per heavy atom. The van der Waals surface area contributed by atoms with Gasteiger partial charge in [-0.2, -0.15) is 0 Å². The lowest BCUT2D eigenvalue weighted by molar-refractivity contribution is -0.140. The van der Waals surface area contributed by atoms with Gasteiger partial charge in [0.1, 0.15) is 6.04 Å². The van der Waals surface area contributed by atoms with Crippen LogP contribution >= 0.6 is 11.6 Å². The largest absolute Gasteiger partial charge is 0.481 e. The zero-order chi connectivity index (χ0) is 15.6. The number of sulfonamides is 1. The van der Waals surface area contributed by atoms with Gasteiger partial charge in [-0.15, -0.1) is 0 Å². The van der Waals surface area contributed by atoms with E-state index in [9.17, 15) is 18.0 Å². The van der Waals surface area contributed by atoms with Gasteiger partial charge in [0.05, 0.1) is 11.3 Å². The van der Waals surface area contributed by atoms with Crippen LogP contribution in [0.25, 0.3) is 0 Å². The Balaban J connectivity index is 2.45. The number of halogens is 1. The molecule has 7 nitrogen and oxygen atoms in total. The van der Waals surface area contributed by atoms with Gasteiger partial charge in [-0.1, -0.05) is 17.7 Å². The Hall–Kier alpha value is -2.06. The summed E-state index contributed by atoms with van der Waals surface area (Å²) in [5, 5.41) is 11.3. The molecule has 0 bridgehead atoms. The highest BCUT2D eigenvalue weighted by atomic mass is 35.5. The predicted molar refractivity (Wildman–Crippen MR) is 73.8 cm³/mol. The van der Waals surface area contributed by atoms with Gasteiger partial charge in [-0.05, 0) is 18.2 Å². The van der Waals surface area contributed by atoms with Crippen molar-refractivity contribution in [3.05, 3.63) is 41.7 Å². The predicted octanol–water partition coefficient (Wildman–Crippen LogP) is 0.775. The first-order valence-electron chi connectivity index (χ1n) is 5.80. The van der Waals surface area contributed by atoms with Crippen LogP contribution < -0.4 is 5.32 Å². The lowest BCUT2D eigenvalue weighted by atomic mass is 10.2. The molecule has 0 aromatic heterocycles. The minimum absolute atomic E-state index is 0.121. The molecule has 2 N–H and O–H groups in total. The molecule has 1 amide bonds. The standard InChI is InChI=1S/C12H11ClN2O5S/c13-8-2-1-3-9(6-8)21(19,20)15-5-4-14-12(18)10(15)7-11(16)17/h1-6,10H,7H2,(H,14,18)(H,16,17)/t10-/m1/s1. The van der Waals surface area contributed by atoms with E-state index in [1.807, 2.05) is 0 Å². The summed E-state index contributed by atoms with van der Waals surface area (Å²) in [5.41, 5.74) is 0. The van der Waals surface area contributed by atoms with Crippen molar-refractivity contribution < 1.29 is 23.1 Å². The van der Waals surface area contributed by atoms with E-state index in [0.717, 1.165) is 16.7 Å². The quantitative estimate of drug-likeness (QED) is 0.848. The maximum absolute atomic E-state index is 12.5. The normalized spacial score (nSPS) is 18.4. The number of amides is 1. The smallest absolute Gasteiger partial charge is 0.306 e. The molecule has 112 valence electrons. The summed E-state index contributed by atoms with van der Waals surface area (Å²) < 4.78 is 25.8. The highest BCUT2D eigenvalue weighted by molar-refractivity contribution is 7.89. The summed E-state index contributed by atoms with van der Waals surface area (Å²) in [5.74, 6) is -1.98. The van der Waals surface area contributed by atoms with Crippen LogP contribution in [0.3, 0.4) is 0 Å². The number of carboxylic acids is 1. The molecule has 0 radical (unpaired) electrons. The SMILES string of the molecule is O=C(O)C[C@@H]1C(=O)NC=CN1S(=O)(=O)c1cccc(Cl)c1. The molecular formula is C12H11ClN2O5S. The number of hydrogen-bond donors (Lipinski definition) is 2. The molecule has 1 aromatic carbocycles. The monoisotopic (exact) mass is 330 g/mol. The van der Waals surface area contributed by atoms with Crippen LogP contribution in [-0.2, 0) is 19.6 Å². The number of carbonyl (C=O) groups is 2. The van der Waals surface area contributed by atoms with E-state index in [4.69, 9.17) is 16.7 Å². The number of carbonyl (C=O) groups excluding carboxylic acids is 1. The number of nitrogens with one attached hydrogen (secondary N) is 1. The van der Waals surface area contributed by atoms with Gasteiger partial charge in [0.25, 0.3) is 10.0 Å². The molecule has 21 heavy (non-hydrogen) atoms. The second-order valence-corrected chi connectivity index (χ2v) is 6.51. The molecule has 1 aliphatic heterocycles. The molecule has 0 aliphatic carbocycles. The molecule has 0 saturated carbocycles. The Bertz CT molecular complexity index is 716. The molecule has 0 unspecified atom stereocenters. The van der Waals surface area contributed by atoms with Crippen LogP contribution in [0.1, 0.15) is 6.42 Å². The first-order valence-corrected chi connectivity index (χ1v) is 7.62. The highest BCUT2D eigenvalue weighted by Crippen LogP contribution is 2.24. The van der Waals surface area contributed by atoms with Gasteiger partial charge in [0.2, 0.25) is 5.91 Å². The Morgan fingerprint density at radius 2 is 2.14 bits per heavy atom. The first-order chi connectivity index (χ1) is 9.82. The average Bonchev–Trinajstić information content (AvgIpc) is 2.40. The summed E-state index contributed by atoms with van der Waals surface area (Å²) in [7, 11) is -4.07. The fourth-order valence-corrected chi connectivity index (χ4v) is 3.60. The van der Waals surface area contributed by atoms with Crippen molar-refractivity contribution in [2.75, 3.05) is 0 Å². The molecule has 0 spiro atoms. The third kappa shape index (κ3) is 3.17. The number of nitrogens with zero attached hydrogens (tertiary/aromatic N) is 1. The van der Waals surface area contributed by atoms with Crippen LogP contribution in [0.5, 0.6) is 0 Å². The molecule has 1 heterocycles. The second kappa shape index (κ2) is 5.74. The zero-order valence-corrected chi connectivity index (χ0v) is 12.1. The van der Waals surface area contributed by atoms with Crippen molar-refractivity contribution in [1.82, 2.24) is 9.62 Å². The summed E-state index contributed by atoms with van der Waals surface area (Å²) >= 11 is 5.76. The zero-order valence-electron chi connectivity index (χ0n) is 10.6. The van der Waals surface area contributed by atoms with E-state index in [1.54, 1.807) is 0 Å². The van der Waals surface area contributed by atoms with Crippen molar-refractivity contribution in [2.45, 2.75) is 17.4 Å². The highest BCUT2D eigenvalue weighted by Gasteiger charge is 2.36. The lowest BCUT2D eigenvalue weighted by Crippen LogP contribution is -2.49. The summed E-state index contributed by atoms with van der Waals surface area (Å²) in [4.78, 5) is 22.4. The molecule has 1 aliphatic rings. The Morgan fingerprint density at radius 1 is 1.43 bits per heavy atom. The Labute approximate surface area is 125 Å². The van der Waals surface area contributed by atoms with Gasteiger partial charge >= 0.3 is 5.97 Å². The van der Waals surface area contributed by atoms with Gasteiger partial charge in [-0.25, -0.2) is 8.42 Å². The number of benzene rings is 1. The fourth-order valence-electron chi connectivity index (χ4n) is 1.85. The van der Waals surface area contributed by atoms with Gasteiger partial charge in [0, 0.05) is 17.4 Å². The van der Waals surface area contributed by atoms with E-state index >= 15 is 0 Å². The molecule has 2 rings (SSSR count). The van der Waals surface area contributed by atoms with Crippen LogP contribution in [-0.4, -0.2) is 35.7 Å². The second-order valence-electron chi connectivity index (χ2n) is 4.23. The van der Waals surface area contributed by atoms with E-state index < -0.39 is 34.4 Å². The maximum atomic E-state index is 12.5. The third-order valence-corrected chi connectivity index (χ3v) is 4.81. The van der Waals surface area contributed by atoms with Crippen LogP contribution in [0, 0.1) is 0 Å². The minimum Gasteiger partial charge on any atom is -0.481 e. The fraction of sp³-hybridized carbons (Fsp3) is 0.167. The lowest BCUT2D eigenvalue weighted by Gasteiger charge is -2.30. The van der Waals surface area contributed by atoms with Crippen molar-refractivity contribution in [2.24, 2.45) is 0 Å².